The van der Waals surface area contributed by atoms with Gasteiger partial charge in [0.05, 0.1) is 21.8 Å². The number of aromatic nitrogens is 1. The van der Waals surface area contributed by atoms with Gasteiger partial charge in [0.15, 0.2) is 9.84 Å². The first-order valence-corrected chi connectivity index (χ1v) is 11.6. The third kappa shape index (κ3) is 3.85. The average molecular weight is 451 g/mol. The Morgan fingerprint density at radius 1 is 1.09 bits per heavy atom. The van der Waals surface area contributed by atoms with E-state index >= 15 is 0 Å². The number of aryl methyl sites for hydroxylation is 2. The molecule has 0 radical (unpaired) electrons. The predicted molar refractivity (Wildman–Crippen MR) is 122 cm³/mol. The Balaban J connectivity index is 1.75. The van der Waals surface area contributed by atoms with E-state index < -0.39 is 15.8 Å². The second-order valence-corrected chi connectivity index (χ2v) is 9.93. The molecule has 1 aliphatic heterocycles. The molecule has 3 N–H and O–H groups in total. The van der Waals surface area contributed by atoms with Crippen LogP contribution in [0.2, 0.25) is 0 Å². The Morgan fingerprint density at radius 3 is 2.50 bits per heavy atom. The quantitative estimate of drug-likeness (QED) is 0.506. The van der Waals surface area contributed by atoms with Crippen molar-refractivity contribution in [3.8, 4) is 0 Å². The first-order valence-electron chi connectivity index (χ1n) is 9.95. The molecule has 3 aromatic rings. The van der Waals surface area contributed by atoms with Crippen LogP contribution in [0.4, 0.5) is 5.69 Å². The molecular weight excluding hydrogens is 428 g/mol. The summed E-state index contributed by atoms with van der Waals surface area (Å²) in [5.74, 6) is -1.58. The normalized spacial score (nSPS) is 14.5. The fraction of sp³-hybridized carbons (Fsp3) is 0.167. The fourth-order valence-corrected chi connectivity index (χ4v) is 5.35. The molecule has 0 bridgehead atoms. The molecule has 0 saturated heterocycles. The van der Waals surface area contributed by atoms with E-state index in [0.717, 1.165) is 5.56 Å². The molecule has 0 unspecified atom stereocenters. The molecular formula is C24H22N2O5S. The van der Waals surface area contributed by atoms with Crippen LogP contribution in [0.15, 0.2) is 47.4 Å². The number of nitrogens with one attached hydrogen (secondary N) is 2. The van der Waals surface area contributed by atoms with Crippen molar-refractivity contribution < 1.29 is 23.1 Å². The lowest BCUT2D eigenvalue weighted by atomic mass is 10.0. The van der Waals surface area contributed by atoms with Gasteiger partial charge in [0.1, 0.15) is 0 Å². The van der Waals surface area contributed by atoms with Crippen molar-refractivity contribution in [1.82, 2.24) is 4.98 Å². The number of anilines is 1. The van der Waals surface area contributed by atoms with E-state index in [1.807, 2.05) is 25.1 Å². The zero-order chi connectivity index (χ0) is 23.2. The summed E-state index contributed by atoms with van der Waals surface area (Å²) in [5, 5.41) is 12.1. The number of hydrogen-bond acceptors (Lipinski definition) is 4. The first-order chi connectivity index (χ1) is 15.1. The van der Waals surface area contributed by atoms with E-state index in [-0.39, 0.29) is 27.7 Å². The van der Waals surface area contributed by atoms with Crippen LogP contribution in [0.1, 0.15) is 44.0 Å². The number of fused-ring (bicyclic) bond motifs is 1. The van der Waals surface area contributed by atoms with Gasteiger partial charge in [0, 0.05) is 22.6 Å². The molecule has 0 atom stereocenters. The summed E-state index contributed by atoms with van der Waals surface area (Å²) < 4.78 is 26.1. The number of hydrogen-bond donors (Lipinski definition) is 3. The lowest BCUT2D eigenvalue weighted by Crippen LogP contribution is -2.05. The molecule has 7 nitrogen and oxygen atoms in total. The van der Waals surface area contributed by atoms with Gasteiger partial charge in [-0.1, -0.05) is 29.8 Å². The monoisotopic (exact) mass is 450 g/mol. The Hall–Kier alpha value is -3.65. The van der Waals surface area contributed by atoms with Crippen molar-refractivity contribution in [2.45, 2.75) is 31.4 Å². The summed E-state index contributed by atoms with van der Waals surface area (Å²) in [5.41, 5.74) is 4.55. The molecule has 1 aliphatic rings. The van der Waals surface area contributed by atoms with Crippen LogP contribution in [0.25, 0.3) is 11.6 Å². The van der Waals surface area contributed by atoms with Crippen LogP contribution in [-0.2, 0) is 20.4 Å². The number of H-pyrrole nitrogens is 1. The summed E-state index contributed by atoms with van der Waals surface area (Å²) >= 11 is 0. The van der Waals surface area contributed by atoms with Crippen LogP contribution in [-0.4, -0.2) is 30.4 Å². The molecule has 2 heterocycles. The second-order valence-electron chi connectivity index (χ2n) is 7.94. The van der Waals surface area contributed by atoms with Crippen molar-refractivity contribution >= 4 is 39.1 Å². The van der Waals surface area contributed by atoms with E-state index in [4.69, 9.17) is 0 Å². The van der Waals surface area contributed by atoms with Gasteiger partial charge in [-0.3, -0.25) is 4.79 Å². The van der Waals surface area contributed by atoms with E-state index in [1.54, 1.807) is 32.1 Å². The molecule has 164 valence electrons. The van der Waals surface area contributed by atoms with Gasteiger partial charge in [0.2, 0.25) is 0 Å². The minimum atomic E-state index is -3.64. The smallest absolute Gasteiger partial charge is 0.337 e. The third-order valence-electron chi connectivity index (χ3n) is 5.55. The van der Waals surface area contributed by atoms with E-state index in [1.165, 1.54) is 12.1 Å². The maximum absolute atomic E-state index is 13.0. The van der Waals surface area contributed by atoms with E-state index in [0.29, 0.717) is 33.8 Å². The second kappa shape index (κ2) is 7.80. The molecule has 0 saturated carbocycles. The Morgan fingerprint density at radius 2 is 1.84 bits per heavy atom. The number of carbonyl (C=O) groups excluding carboxylic acids is 1. The molecule has 0 aliphatic carbocycles. The molecule has 1 amide bonds. The van der Waals surface area contributed by atoms with Gasteiger partial charge < -0.3 is 15.4 Å². The van der Waals surface area contributed by atoms with Crippen LogP contribution in [0.5, 0.6) is 0 Å². The minimum Gasteiger partial charge on any atom is -0.478 e. The van der Waals surface area contributed by atoms with Gasteiger partial charge in [-0.05, 0) is 56.2 Å². The molecule has 4 rings (SSSR count). The number of sulfone groups is 1. The molecule has 0 spiro atoms. The van der Waals surface area contributed by atoms with Gasteiger partial charge in [0.25, 0.3) is 5.91 Å². The number of amides is 1. The van der Waals surface area contributed by atoms with Crippen molar-refractivity contribution in [3.05, 3.63) is 81.7 Å². The summed E-state index contributed by atoms with van der Waals surface area (Å²) in [7, 11) is -3.64. The molecule has 1 aromatic heterocycles. The average Bonchev–Trinajstić information content (AvgIpc) is 3.16. The van der Waals surface area contributed by atoms with E-state index in [9.17, 15) is 23.1 Å². The fourth-order valence-electron chi connectivity index (χ4n) is 3.99. The molecule has 8 heteroatoms. The Labute approximate surface area is 185 Å². The number of aromatic carboxylic acids is 1. The predicted octanol–water partition coefficient (Wildman–Crippen LogP) is 4.10. The zero-order valence-electron chi connectivity index (χ0n) is 17.8. The van der Waals surface area contributed by atoms with E-state index in [2.05, 4.69) is 10.3 Å². The summed E-state index contributed by atoms with van der Waals surface area (Å²) in [6.07, 6.45) is 1.56. The molecule has 32 heavy (non-hydrogen) atoms. The topological polar surface area (TPSA) is 116 Å². The Bertz CT molecular complexity index is 1410. The highest BCUT2D eigenvalue weighted by molar-refractivity contribution is 7.90. The van der Waals surface area contributed by atoms with Crippen molar-refractivity contribution in [2.24, 2.45) is 0 Å². The maximum Gasteiger partial charge on any atom is 0.337 e. The molecule has 0 fully saturated rings. The lowest BCUT2D eigenvalue weighted by Gasteiger charge is -2.08. The highest BCUT2D eigenvalue weighted by Crippen LogP contribution is 2.36. The van der Waals surface area contributed by atoms with Crippen molar-refractivity contribution in [1.29, 1.82) is 0 Å². The van der Waals surface area contributed by atoms with Crippen LogP contribution in [0, 0.1) is 20.8 Å². The standard InChI is InChI=1S/C24H22N2O5S/c1-13-5-4-6-16(9-13)12-32(30,31)17-7-8-20-18(10-17)19(23(27)26-20)11-21-14(2)22(24(28)29)15(3)25-21/h4-11,25H,12H2,1-3H3,(H,26,27)(H,28,29)/b19-11-. The highest BCUT2D eigenvalue weighted by atomic mass is 32.2. The van der Waals surface area contributed by atoms with Crippen molar-refractivity contribution in [3.63, 3.8) is 0 Å². The van der Waals surface area contributed by atoms with Gasteiger partial charge in [-0.2, -0.15) is 0 Å². The van der Waals surface area contributed by atoms with Gasteiger partial charge in [-0.25, -0.2) is 13.2 Å². The maximum atomic E-state index is 13.0. The summed E-state index contributed by atoms with van der Waals surface area (Å²) in [6.45, 7) is 5.22. The number of rotatable bonds is 5. The number of carbonyl (C=O) groups is 2. The van der Waals surface area contributed by atoms with Gasteiger partial charge >= 0.3 is 5.97 Å². The number of carboxylic acids is 1. The first kappa shape index (κ1) is 21.6. The highest BCUT2D eigenvalue weighted by Gasteiger charge is 2.28. The van der Waals surface area contributed by atoms with Gasteiger partial charge in [-0.15, -0.1) is 0 Å². The van der Waals surface area contributed by atoms with Crippen molar-refractivity contribution in [2.75, 3.05) is 5.32 Å². The largest absolute Gasteiger partial charge is 0.478 e. The summed E-state index contributed by atoms with van der Waals surface area (Å²) in [4.78, 5) is 27.2. The third-order valence-corrected chi connectivity index (χ3v) is 7.24. The van der Waals surface area contributed by atoms with Crippen LogP contribution >= 0.6 is 0 Å². The minimum absolute atomic E-state index is 0.116. The van der Waals surface area contributed by atoms with Crippen LogP contribution < -0.4 is 5.32 Å². The Kier molecular flexibility index (Phi) is 5.26. The number of carboxylic acid groups (broad SMARTS) is 1. The zero-order valence-corrected chi connectivity index (χ0v) is 18.6. The SMILES string of the molecule is Cc1cccc(CS(=O)(=O)c2ccc3c(c2)/C(=C/c2[nH]c(C)c(C(=O)O)c2C)C(=O)N3)c1. The summed E-state index contributed by atoms with van der Waals surface area (Å²) in [6, 6.07) is 11.9. The number of benzene rings is 2. The number of aromatic amines is 1. The lowest BCUT2D eigenvalue weighted by molar-refractivity contribution is -0.110. The van der Waals surface area contributed by atoms with Crippen LogP contribution in [0.3, 0.4) is 0 Å². The molecule has 2 aromatic carbocycles.